The number of piperidine rings is 1. The van der Waals surface area contributed by atoms with Crippen molar-refractivity contribution in [1.29, 1.82) is 0 Å². The second kappa shape index (κ2) is 6.57. The van der Waals surface area contributed by atoms with Crippen LogP contribution in [0, 0.1) is 11.3 Å². The molecule has 1 amide bonds. The molecule has 2 saturated heterocycles. The Labute approximate surface area is 109 Å². The highest BCUT2D eigenvalue weighted by molar-refractivity contribution is 5.85. The molecule has 0 aromatic heterocycles. The molecule has 2 aliphatic rings. The molecule has 0 radical (unpaired) electrons. The molecule has 2 N–H and O–H groups in total. The normalized spacial score (nSPS) is 32.9. The molecule has 4 nitrogen and oxygen atoms in total. The van der Waals surface area contributed by atoms with E-state index in [1.807, 2.05) is 0 Å². The van der Waals surface area contributed by atoms with Crippen molar-refractivity contribution in [2.45, 2.75) is 26.2 Å². The number of halogens is 1. The maximum Gasteiger partial charge on any atom is 0.227 e. The van der Waals surface area contributed by atoms with Crippen LogP contribution in [0.3, 0.4) is 0 Å². The Balaban J connectivity index is 0.00000144. The minimum Gasteiger partial charge on any atom is -0.381 e. The van der Waals surface area contributed by atoms with E-state index in [1.54, 1.807) is 0 Å². The highest BCUT2D eigenvalue weighted by Gasteiger charge is 2.34. The number of ether oxygens (including phenoxy) is 1. The van der Waals surface area contributed by atoms with Gasteiger partial charge in [0.1, 0.15) is 0 Å². The summed E-state index contributed by atoms with van der Waals surface area (Å²) in [5.74, 6) is 0.718. The second-order valence-electron chi connectivity index (χ2n) is 5.28. The summed E-state index contributed by atoms with van der Waals surface area (Å²) in [4.78, 5) is 12.1. The quantitative estimate of drug-likeness (QED) is 0.796. The van der Waals surface area contributed by atoms with E-state index in [4.69, 9.17) is 4.74 Å². The van der Waals surface area contributed by atoms with Gasteiger partial charge in [-0.05, 0) is 32.7 Å². The van der Waals surface area contributed by atoms with Gasteiger partial charge >= 0.3 is 0 Å². The Morgan fingerprint density at radius 3 is 3.00 bits per heavy atom. The Morgan fingerprint density at radius 2 is 2.41 bits per heavy atom. The number of hydrogen-bond acceptors (Lipinski definition) is 3. The summed E-state index contributed by atoms with van der Waals surface area (Å²) in [7, 11) is 0. The van der Waals surface area contributed by atoms with Gasteiger partial charge in [0.25, 0.3) is 0 Å². The monoisotopic (exact) mass is 262 g/mol. The van der Waals surface area contributed by atoms with Crippen LogP contribution in [0.25, 0.3) is 0 Å². The van der Waals surface area contributed by atoms with Gasteiger partial charge in [-0.2, -0.15) is 0 Å². The van der Waals surface area contributed by atoms with Gasteiger partial charge < -0.3 is 15.4 Å². The Bertz CT molecular complexity index is 249. The summed E-state index contributed by atoms with van der Waals surface area (Å²) in [5, 5.41) is 6.37. The first-order valence-electron chi connectivity index (χ1n) is 6.27. The van der Waals surface area contributed by atoms with Crippen LogP contribution in [0.1, 0.15) is 26.2 Å². The fourth-order valence-corrected chi connectivity index (χ4v) is 2.44. The number of nitrogens with one attached hydrogen (secondary N) is 2. The first kappa shape index (κ1) is 14.7. The highest BCUT2D eigenvalue weighted by Crippen LogP contribution is 2.25. The first-order valence-corrected chi connectivity index (χ1v) is 6.27. The van der Waals surface area contributed by atoms with Gasteiger partial charge in [-0.15, -0.1) is 12.4 Å². The van der Waals surface area contributed by atoms with Gasteiger partial charge in [0.15, 0.2) is 0 Å². The summed E-state index contributed by atoms with van der Waals surface area (Å²) in [6.07, 6.45) is 3.17. The molecular weight excluding hydrogens is 240 g/mol. The van der Waals surface area contributed by atoms with Crippen molar-refractivity contribution < 1.29 is 9.53 Å². The molecule has 2 fully saturated rings. The topological polar surface area (TPSA) is 50.4 Å². The molecule has 2 aliphatic heterocycles. The third-order valence-corrected chi connectivity index (χ3v) is 3.72. The summed E-state index contributed by atoms with van der Waals surface area (Å²) in [5.41, 5.74) is -0.211. The minimum absolute atomic E-state index is 0. The highest BCUT2D eigenvalue weighted by atomic mass is 35.5. The summed E-state index contributed by atoms with van der Waals surface area (Å²) >= 11 is 0. The standard InChI is InChI=1S/C12H22N2O2.ClH/c1-12(4-2-5-13-9-12)11(15)14-7-10-3-6-16-8-10;/h10,13H,2-9H2,1H3,(H,14,15);1H. The zero-order valence-electron chi connectivity index (χ0n) is 10.5. The first-order chi connectivity index (χ1) is 7.71. The molecular formula is C12H23ClN2O2. The average molecular weight is 263 g/mol. The smallest absolute Gasteiger partial charge is 0.227 e. The van der Waals surface area contributed by atoms with Crippen LogP contribution in [0.5, 0.6) is 0 Å². The maximum absolute atomic E-state index is 12.1. The van der Waals surface area contributed by atoms with E-state index in [0.29, 0.717) is 5.92 Å². The second-order valence-corrected chi connectivity index (χ2v) is 5.28. The number of carbonyl (C=O) groups is 1. The van der Waals surface area contributed by atoms with E-state index in [0.717, 1.165) is 52.1 Å². The molecule has 2 atom stereocenters. The van der Waals surface area contributed by atoms with Crippen molar-refractivity contribution >= 4 is 18.3 Å². The van der Waals surface area contributed by atoms with Crippen molar-refractivity contribution in [3.05, 3.63) is 0 Å². The lowest BCUT2D eigenvalue weighted by Crippen LogP contribution is -2.49. The molecule has 0 aromatic rings. The van der Waals surface area contributed by atoms with Crippen molar-refractivity contribution in [2.24, 2.45) is 11.3 Å². The van der Waals surface area contributed by atoms with Crippen LogP contribution in [-0.4, -0.2) is 38.8 Å². The van der Waals surface area contributed by atoms with Crippen molar-refractivity contribution in [3.8, 4) is 0 Å². The van der Waals surface area contributed by atoms with Gasteiger partial charge in [0.05, 0.1) is 12.0 Å². The average Bonchev–Trinajstić information content (AvgIpc) is 2.79. The lowest BCUT2D eigenvalue weighted by atomic mass is 9.82. The van der Waals surface area contributed by atoms with E-state index in [2.05, 4.69) is 17.6 Å². The van der Waals surface area contributed by atoms with Crippen molar-refractivity contribution in [3.63, 3.8) is 0 Å². The molecule has 0 bridgehead atoms. The number of rotatable bonds is 3. The van der Waals surface area contributed by atoms with E-state index in [9.17, 15) is 4.79 Å². The zero-order chi connectivity index (χ0) is 11.4. The van der Waals surface area contributed by atoms with Crippen LogP contribution in [-0.2, 0) is 9.53 Å². The predicted octanol–water partition coefficient (Wildman–Crippen LogP) is 0.951. The number of carbonyl (C=O) groups excluding carboxylic acids is 1. The van der Waals surface area contributed by atoms with Gasteiger partial charge in [-0.25, -0.2) is 0 Å². The Kier molecular flexibility index (Phi) is 5.70. The molecule has 0 aromatic carbocycles. The molecule has 2 rings (SSSR count). The van der Waals surface area contributed by atoms with Gasteiger partial charge in [0.2, 0.25) is 5.91 Å². The van der Waals surface area contributed by atoms with E-state index in [1.165, 1.54) is 0 Å². The maximum atomic E-state index is 12.1. The number of amides is 1. The van der Waals surface area contributed by atoms with E-state index in [-0.39, 0.29) is 23.7 Å². The van der Waals surface area contributed by atoms with Gasteiger partial charge in [0, 0.05) is 25.6 Å². The zero-order valence-corrected chi connectivity index (χ0v) is 11.3. The van der Waals surface area contributed by atoms with Crippen LogP contribution >= 0.6 is 12.4 Å². The van der Waals surface area contributed by atoms with Gasteiger partial charge in [-0.3, -0.25) is 4.79 Å². The fourth-order valence-electron chi connectivity index (χ4n) is 2.44. The van der Waals surface area contributed by atoms with Crippen LogP contribution < -0.4 is 10.6 Å². The Morgan fingerprint density at radius 1 is 1.59 bits per heavy atom. The molecule has 0 spiro atoms. The molecule has 2 heterocycles. The van der Waals surface area contributed by atoms with E-state index < -0.39 is 0 Å². The Hall–Kier alpha value is -0.320. The molecule has 0 saturated carbocycles. The lowest BCUT2D eigenvalue weighted by molar-refractivity contribution is -0.131. The number of hydrogen-bond donors (Lipinski definition) is 2. The summed E-state index contributed by atoms with van der Waals surface area (Å²) < 4.78 is 5.30. The summed E-state index contributed by atoms with van der Waals surface area (Å²) in [6.45, 7) is 6.32. The lowest BCUT2D eigenvalue weighted by Gasteiger charge is -2.32. The van der Waals surface area contributed by atoms with Crippen LogP contribution in [0.15, 0.2) is 0 Å². The third-order valence-electron chi connectivity index (χ3n) is 3.72. The predicted molar refractivity (Wildman–Crippen MR) is 69.4 cm³/mol. The minimum atomic E-state index is -0.211. The SMILES string of the molecule is CC1(C(=O)NCC2CCOC2)CCCNC1.Cl. The third kappa shape index (κ3) is 3.83. The van der Waals surface area contributed by atoms with Crippen molar-refractivity contribution in [2.75, 3.05) is 32.8 Å². The van der Waals surface area contributed by atoms with Gasteiger partial charge in [-0.1, -0.05) is 0 Å². The van der Waals surface area contributed by atoms with Crippen LogP contribution in [0.4, 0.5) is 0 Å². The molecule has 2 unspecified atom stereocenters. The van der Waals surface area contributed by atoms with E-state index >= 15 is 0 Å². The largest absolute Gasteiger partial charge is 0.381 e. The van der Waals surface area contributed by atoms with Crippen LogP contribution in [0.2, 0.25) is 0 Å². The fraction of sp³-hybridized carbons (Fsp3) is 0.917. The summed E-state index contributed by atoms with van der Waals surface area (Å²) in [6, 6.07) is 0. The van der Waals surface area contributed by atoms with Crippen molar-refractivity contribution in [1.82, 2.24) is 10.6 Å². The molecule has 17 heavy (non-hydrogen) atoms. The molecule has 100 valence electrons. The molecule has 5 heteroatoms. The molecule has 0 aliphatic carbocycles.